The molecule has 0 aliphatic carbocycles. The molecule has 0 aromatic heterocycles. The topological polar surface area (TPSA) is 74.3 Å². The minimum absolute atomic E-state index is 0.153. The summed E-state index contributed by atoms with van der Waals surface area (Å²) in [6.45, 7) is 2.88. The minimum atomic E-state index is -1.03. The quantitative estimate of drug-likeness (QED) is 0.303. The van der Waals surface area contributed by atoms with Crippen LogP contribution < -0.4 is 23.8 Å². The molecular weight excluding hydrogens is 478 g/mol. The van der Waals surface area contributed by atoms with E-state index in [0.29, 0.717) is 28.6 Å². The molecule has 4 rings (SSSR count). The molecule has 0 unspecified atom stereocenters. The van der Waals surface area contributed by atoms with Gasteiger partial charge in [0.15, 0.2) is 11.5 Å². The molecule has 0 saturated carbocycles. The van der Waals surface area contributed by atoms with Crippen LogP contribution in [0.4, 0.5) is 5.69 Å². The zero-order chi connectivity index (χ0) is 25.9. The van der Waals surface area contributed by atoms with Crippen molar-refractivity contribution < 1.29 is 28.5 Å². The molecule has 8 heteroatoms. The van der Waals surface area contributed by atoms with Crippen LogP contribution in [0.25, 0.3) is 6.08 Å². The number of para-hydroxylation sites is 2. The number of anilines is 1. The van der Waals surface area contributed by atoms with Gasteiger partial charge in [0.2, 0.25) is 11.7 Å². The number of fused-ring (bicyclic) bond motifs is 1. The zero-order valence-corrected chi connectivity index (χ0v) is 21.5. The summed E-state index contributed by atoms with van der Waals surface area (Å²) in [5, 5.41) is 0. The Morgan fingerprint density at radius 3 is 2.11 bits per heavy atom. The highest BCUT2D eigenvalue weighted by molar-refractivity contribution is 8.01. The summed E-state index contributed by atoms with van der Waals surface area (Å²) in [4.78, 5) is 26.7. The van der Waals surface area contributed by atoms with Crippen molar-refractivity contribution in [1.82, 2.24) is 0 Å². The number of nitrogens with zero attached hydrogens (tertiary/aromatic N) is 1. The first-order valence-electron chi connectivity index (χ1n) is 11.2. The summed E-state index contributed by atoms with van der Waals surface area (Å²) in [5.74, 6) is 1.29. The average molecular weight is 506 g/mol. The molecule has 7 nitrogen and oxygen atoms in total. The number of carbonyl (C=O) groups excluding carboxylic acids is 2. The first kappa shape index (κ1) is 25.2. The van der Waals surface area contributed by atoms with Gasteiger partial charge in [-0.1, -0.05) is 48.2 Å². The molecular formula is C28H27NO6S. The van der Waals surface area contributed by atoms with E-state index in [0.717, 1.165) is 16.1 Å². The maximum atomic E-state index is 13.1. The number of esters is 1. The fourth-order valence-corrected chi connectivity index (χ4v) is 5.79. The van der Waals surface area contributed by atoms with E-state index < -0.39 is 10.8 Å². The molecule has 0 radical (unpaired) electrons. The van der Waals surface area contributed by atoms with Crippen LogP contribution in [0.15, 0.2) is 71.6 Å². The van der Waals surface area contributed by atoms with Crippen molar-refractivity contribution in [3.8, 4) is 23.0 Å². The number of hydrogen-bond donors (Lipinski definition) is 0. The highest BCUT2D eigenvalue weighted by atomic mass is 32.2. The Morgan fingerprint density at radius 2 is 1.50 bits per heavy atom. The van der Waals surface area contributed by atoms with E-state index in [-0.39, 0.29) is 5.91 Å². The number of rotatable bonds is 7. The fraction of sp³-hybridized carbons (Fsp3) is 0.214. The molecule has 0 saturated heterocycles. The smallest absolute Gasteiger partial charge is 0.308 e. The molecule has 1 atom stereocenters. The fourth-order valence-electron chi connectivity index (χ4n) is 4.31. The number of thioether (sulfide) groups is 1. The van der Waals surface area contributed by atoms with Gasteiger partial charge in [-0.25, -0.2) is 0 Å². The monoisotopic (exact) mass is 505 g/mol. The van der Waals surface area contributed by atoms with Crippen LogP contribution in [-0.4, -0.2) is 33.2 Å². The van der Waals surface area contributed by atoms with Gasteiger partial charge in [-0.05, 0) is 42.0 Å². The normalized spacial score (nSPS) is 16.5. The van der Waals surface area contributed by atoms with Crippen molar-refractivity contribution in [2.24, 2.45) is 0 Å². The van der Waals surface area contributed by atoms with Crippen LogP contribution >= 0.6 is 11.8 Å². The van der Waals surface area contributed by atoms with Crippen molar-refractivity contribution >= 4 is 35.4 Å². The predicted octanol–water partition coefficient (Wildman–Crippen LogP) is 5.66. The third kappa shape index (κ3) is 4.52. The molecule has 36 heavy (non-hydrogen) atoms. The first-order valence-corrected chi connectivity index (χ1v) is 12.0. The Kier molecular flexibility index (Phi) is 7.26. The molecule has 0 bridgehead atoms. The zero-order valence-electron chi connectivity index (χ0n) is 20.7. The van der Waals surface area contributed by atoms with E-state index in [1.54, 1.807) is 38.4 Å². The Balaban J connectivity index is 1.94. The Bertz CT molecular complexity index is 1310. The van der Waals surface area contributed by atoms with Crippen LogP contribution in [0.3, 0.4) is 0 Å². The van der Waals surface area contributed by atoms with E-state index >= 15 is 0 Å². The molecule has 0 N–H and O–H groups in total. The van der Waals surface area contributed by atoms with Gasteiger partial charge in [0.25, 0.3) is 0 Å². The second-order valence-electron chi connectivity index (χ2n) is 8.00. The van der Waals surface area contributed by atoms with Crippen LogP contribution in [0.1, 0.15) is 25.0 Å². The van der Waals surface area contributed by atoms with Crippen molar-refractivity contribution in [3.63, 3.8) is 0 Å². The third-order valence-electron chi connectivity index (χ3n) is 5.73. The lowest BCUT2D eigenvalue weighted by Gasteiger charge is -2.36. The SMILES string of the molecule is COc1cc(/C=C\[C@]2(c3ccccc3OC(C)=O)Sc3ccccc3N2C(C)=O)cc(OC)c1OC. The van der Waals surface area contributed by atoms with Gasteiger partial charge in [-0.2, -0.15) is 0 Å². The Hall–Kier alpha value is -3.91. The molecule has 3 aromatic rings. The lowest BCUT2D eigenvalue weighted by molar-refractivity contribution is -0.131. The minimum Gasteiger partial charge on any atom is -0.493 e. The standard InChI is InChI=1S/C28H27NO6S/c1-18(30)29-22-11-7-9-13-26(22)36-28(29,21-10-6-8-12-23(21)35-19(2)31)15-14-20-16-24(32-3)27(34-5)25(17-20)33-4/h6-17H,1-5H3/b15-14-/t28-/m1/s1. The Morgan fingerprint density at radius 1 is 0.861 bits per heavy atom. The van der Waals surface area contributed by atoms with Crippen LogP contribution in [0.5, 0.6) is 23.0 Å². The number of ether oxygens (including phenoxy) is 4. The number of amides is 1. The molecule has 0 fully saturated rings. The predicted molar refractivity (Wildman–Crippen MR) is 140 cm³/mol. The van der Waals surface area contributed by atoms with E-state index in [1.165, 1.54) is 25.6 Å². The second-order valence-corrected chi connectivity index (χ2v) is 9.27. The molecule has 3 aromatic carbocycles. The summed E-state index contributed by atoms with van der Waals surface area (Å²) < 4.78 is 22.0. The molecule has 1 heterocycles. The third-order valence-corrected chi connectivity index (χ3v) is 7.15. The maximum Gasteiger partial charge on any atom is 0.308 e. The van der Waals surface area contributed by atoms with Gasteiger partial charge in [0.05, 0.1) is 27.0 Å². The van der Waals surface area contributed by atoms with E-state index in [4.69, 9.17) is 18.9 Å². The first-order chi connectivity index (χ1) is 17.3. The van der Waals surface area contributed by atoms with Crippen LogP contribution in [0.2, 0.25) is 0 Å². The van der Waals surface area contributed by atoms with Crippen molar-refractivity contribution in [3.05, 3.63) is 77.9 Å². The molecule has 186 valence electrons. The number of carbonyl (C=O) groups is 2. The number of methoxy groups -OCH3 is 3. The molecule has 1 aliphatic rings. The Labute approximate surface area is 214 Å². The highest BCUT2D eigenvalue weighted by Gasteiger charge is 2.48. The summed E-state index contributed by atoms with van der Waals surface area (Å²) in [6.07, 6.45) is 3.83. The summed E-state index contributed by atoms with van der Waals surface area (Å²) in [6, 6.07) is 18.6. The summed E-state index contributed by atoms with van der Waals surface area (Å²) >= 11 is 1.50. The van der Waals surface area contributed by atoms with Gasteiger partial charge in [-0.3, -0.25) is 14.5 Å². The van der Waals surface area contributed by atoms with Crippen LogP contribution in [-0.2, 0) is 14.5 Å². The molecule has 1 amide bonds. The highest BCUT2D eigenvalue weighted by Crippen LogP contribution is 2.58. The van der Waals surface area contributed by atoms with Crippen molar-refractivity contribution in [2.45, 2.75) is 23.6 Å². The average Bonchev–Trinajstić information content (AvgIpc) is 3.22. The van der Waals surface area contributed by atoms with Gasteiger partial charge in [0.1, 0.15) is 10.6 Å². The van der Waals surface area contributed by atoms with Gasteiger partial charge in [-0.15, -0.1) is 0 Å². The summed E-state index contributed by atoms with van der Waals surface area (Å²) in [7, 11) is 4.67. The van der Waals surface area contributed by atoms with Gasteiger partial charge in [0, 0.05) is 24.3 Å². The van der Waals surface area contributed by atoms with E-state index in [9.17, 15) is 9.59 Å². The van der Waals surface area contributed by atoms with Crippen molar-refractivity contribution in [1.29, 1.82) is 0 Å². The maximum absolute atomic E-state index is 13.1. The van der Waals surface area contributed by atoms with Gasteiger partial charge < -0.3 is 18.9 Å². The largest absolute Gasteiger partial charge is 0.493 e. The summed E-state index contributed by atoms with van der Waals surface area (Å²) in [5.41, 5.74) is 2.22. The van der Waals surface area contributed by atoms with Gasteiger partial charge >= 0.3 is 5.97 Å². The second kappa shape index (κ2) is 10.4. The lowest BCUT2D eigenvalue weighted by atomic mass is 10.00. The molecule has 0 spiro atoms. The van der Waals surface area contributed by atoms with Crippen molar-refractivity contribution in [2.75, 3.05) is 26.2 Å². The van der Waals surface area contributed by atoms with Crippen LogP contribution in [0, 0.1) is 0 Å². The van der Waals surface area contributed by atoms with E-state index in [1.807, 2.05) is 60.7 Å². The lowest BCUT2D eigenvalue weighted by Crippen LogP contribution is -2.42. The molecule has 1 aliphatic heterocycles. The number of hydrogen-bond acceptors (Lipinski definition) is 7. The number of benzene rings is 3. The van der Waals surface area contributed by atoms with E-state index in [2.05, 4.69) is 0 Å².